The van der Waals surface area contributed by atoms with Crippen molar-refractivity contribution < 1.29 is 0 Å². The molecule has 0 radical (unpaired) electrons. The van der Waals surface area contributed by atoms with E-state index in [9.17, 15) is 0 Å². The molecule has 0 aliphatic carbocycles. The maximum absolute atomic E-state index is 3.44. The largest absolute Gasteiger partial charge is 0.375 e. The second-order valence-electron chi connectivity index (χ2n) is 5.41. The second-order valence-corrected chi connectivity index (χ2v) is 5.41. The van der Waals surface area contributed by atoms with Gasteiger partial charge in [0.15, 0.2) is 0 Å². The topological polar surface area (TPSA) is 15.3 Å². The highest BCUT2D eigenvalue weighted by Gasteiger charge is 2.14. The van der Waals surface area contributed by atoms with E-state index in [2.05, 4.69) is 49.3 Å². The molecule has 0 amide bonds. The van der Waals surface area contributed by atoms with Gasteiger partial charge in [-0.05, 0) is 69.0 Å². The molecule has 1 saturated heterocycles. The third-order valence-corrected chi connectivity index (χ3v) is 3.68. The normalized spacial score (nSPS) is 19.6. The molecule has 1 aromatic carbocycles. The summed E-state index contributed by atoms with van der Waals surface area (Å²) in [6, 6.07) is 6.79. The van der Waals surface area contributed by atoms with E-state index in [0.717, 1.165) is 12.5 Å². The van der Waals surface area contributed by atoms with Crippen LogP contribution in [0.4, 0.5) is 5.69 Å². The van der Waals surface area contributed by atoms with E-state index in [4.69, 9.17) is 0 Å². The number of aryl methyl sites for hydroxylation is 2. The van der Waals surface area contributed by atoms with E-state index in [0.29, 0.717) is 0 Å². The second kappa shape index (κ2) is 5.54. The molecule has 1 atom stereocenters. The Hall–Kier alpha value is -1.02. The molecular weight excluding hydrogens is 208 g/mol. The highest BCUT2D eigenvalue weighted by Crippen LogP contribution is 2.19. The minimum atomic E-state index is 0.878. The first kappa shape index (κ1) is 12.4. The molecule has 17 heavy (non-hydrogen) atoms. The van der Waals surface area contributed by atoms with E-state index in [1.54, 1.807) is 0 Å². The van der Waals surface area contributed by atoms with Crippen LogP contribution in [-0.4, -0.2) is 26.7 Å². The Labute approximate surface area is 105 Å². The van der Waals surface area contributed by atoms with Crippen LogP contribution >= 0.6 is 0 Å². The first-order valence-corrected chi connectivity index (χ1v) is 6.65. The Morgan fingerprint density at radius 3 is 2.53 bits per heavy atom. The van der Waals surface area contributed by atoms with Crippen LogP contribution in [0.3, 0.4) is 0 Å². The molecule has 0 spiro atoms. The quantitative estimate of drug-likeness (QED) is 0.858. The van der Waals surface area contributed by atoms with Crippen molar-refractivity contribution in [3.63, 3.8) is 0 Å². The van der Waals surface area contributed by atoms with Crippen LogP contribution in [0, 0.1) is 19.8 Å². The van der Waals surface area contributed by atoms with Crippen molar-refractivity contribution in [3.8, 4) is 0 Å². The van der Waals surface area contributed by atoms with Gasteiger partial charge >= 0.3 is 0 Å². The fourth-order valence-electron chi connectivity index (χ4n) is 2.64. The average molecular weight is 232 g/mol. The van der Waals surface area contributed by atoms with Crippen molar-refractivity contribution in [2.75, 3.05) is 31.6 Å². The molecule has 94 valence electrons. The van der Waals surface area contributed by atoms with Crippen molar-refractivity contribution >= 4 is 5.69 Å². The number of anilines is 1. The fourth-order valence-corrected chi connectivity index (χ4v) is 2.64. The number of hydrogen-bond donors (Lipinski definition) is 1. The summed E-state index contributed by atoms with van der Waals surface area (Å²) < 4.78 is 0. The van der Waals surface area contributed by atoms with E-state index >= 15 is 0 Å². The number of nitrogens with one attached hydrogen (secondary N) is 1. The van der Waals surface area contributed by atoms with Gasteiger partial charge < -0.3 is 10.2 Å². The van der Waals surface area contributed by atoms with Crippen molar-refractivity contribution in [3.05, 3.63) is 29.3 Å². The van der Waals surface area contributed by atoms with Crippen LogP contribution < -0.4 is 10.2 Å². The van der Waals surface area contributed by atoms with Crippen LogP contribution in [-0.2, 0) is 0 Å². The van der Waals surface area contributed by atoms with Crippen molar-refractivity contribution in [2.45, 2.75) is 26.7 Å². The predicted octanol–water partition coefficient (Wildman–Crippen LogP) is 2.74. The minimum absolute atomic E-state index is 0.878. The summed E-state index contributed by atoms with van der Waals surface area (Å²) in [6.07, 6.45) is 2.65. The van der Waals surface area contributed by atoms with E-state index in [1.165, 1.54) is 42.7 Å². The summed E-state index contributed by atoms with van der Waals surface area (Å²) in [5.74, 6) is 0.878. The molecule has 2 heteroatoms. The standard InChI is InChI=1S/C15H24N2/c1-12-8-13(2)10-15(9-12)17(3)7-5-14-4-6-16-11-14/h8-10,14,16H,4-7,11H2,1-3H3. The third kappa shape index (κ3) is 3.47. The fraction of sp³-hybridized carbons (Fsp3) is 0.600. The molecule has 0 bridgehead atoms. The molecule has 2 nitrogen and oxygen atoms in total. The molecular formula is C15H24N2. The van der Waals surface area contributed by atoms with Crippen molar-refractivity contribution in [1.29, 1.82) is 0 Å². The van der Waals surface area contributed by atoms with Gasteiger partial charge in [-0.3, -0.25) is 0 Å². The van der Waals surface area contributed by atoms with Crippen LogP contribution in [0.25, 0.3) is 0 Å². The Balaban J connectivity index is 1.91. The molecule has 1 fully saturated rings. The maximum Gasteiger partial charge on any atom is 0.0368 e. The lowest BCUT2D eigenvalue weighted by atomic mass is 10.0. The summed E-state index contributed by atoms with van der Waals surface area (Å²) in [5.41, 5.74) is 4.07. The van der Waals surface area contributed by atoms with E-state index in [-0.39, 0.29) is 0 Å². The van der Waals surface area contributed by atoms with Gasteiger partial charge in [-0.1, -0.05) is 6.07 Å². The maximum atomic E-state index is 3.44. The minimum Gasteiger partial charge on any atom is -0.375 e. The summed E-state index contributed by atoms with van der Waals surface area (Å²) >= 11 is 0. The zero-order chi connectivity index (χ0) is 12.3. The molecule has 0 aromatic heterocycles. The lowest BCUT2D eigenvalue weighted by molar-refractivity contribution is 0.533. The molecule has 1 N–H and O–H groups in total. The van der Waals surface area contributed by atoms with Gasteiger partial charge in [0.1, 0.15) is 0 Å². The third-order valence-electron chi connectivity index (χ3n) is 3.68. The van der Waals surface area contributed by atoms with Crippen LogP contribution in [0.15, 0.2) is 18.2 Å². The first-order chi connectivity index (χ1) is 8.15. The summed E-state index contributed by atoms with van der Waals surface area (Å²) in [5, 5.41) is 3.44. The number of hydrogen-bond acceptors (Lipinski definition) is 2. The van der Waals surface area contributed by atoms with Crippen LogP contribution in [0.1, 0.15) is 24.0 Å². The molecule has 1 aliphatic heterocycles. The van der Waals surface area contributed by atoms with Crippen molar-refractivity contribution in [2.24, 2.45) is 5.92 Å². The van der Waals surface area contributed by atoms with Crippen LogP contribution in [0.5, 0.6) is 0 Å². The SMILES string of the molecule is Cc1cc(C)cc(N(C)CCC2CCNC2)c1. The Morgan fingerprint density at radius 2 is 1.94 bits per heavy atom. The first-order valence-electron chi connectivity index (χ1n) is 6.65. The Morgan fingerprint density at radius 1 is 1.24 bits per heavy atom. The number of nitrogens with zero attached hydrogens (tertiary/aromatic N) is 1. The van der Waals surface area contributed by atoms with Gasteiger partial charge in [-0.15, -0.1) is 0 Å². The zero-order valence-electron chi connectivity index (χ0n) is 11.3. The zero-order valence-corrected chi connectivity index (χ0v) is 11.3. The summed E-state index contributed by atoms with van der Waals surface area (Å²) in [4.78, 5) is 2.39. The lowest BCUT2D eigenvalue weighted by Crippen LogP contribution is -2.22. The van der Waals surface area contributed by atoms with Gasteiger partial charge in [0, 0.05) is 19.3 Å². The number of rotatable bonds is 4. The molecule has 0 saturated carbocycles. The van der Waals surface area contributed by atoms with Crippen LogP contribution in [0.2, 0.25) is 0 Å². The number of benzene rings is 1. The van der Waals surface area contributed by atoms with Gasteiger partial charge in [0.05, 0.1) is 0 Å². The predicted molar refractivity (Wildman–Crippen MR) is 74.8 cm³/mol. The van der Waals surface area contributed by atoms with Crippen molar-refractivity contribution in [1.82, 2.24) is 5.32 Å². The summed E-state index contributed by atoms with van der Waals surface area (Å²) in [7, 11) is 2.20. The smallest absolute Gasteiger partial charge is 0.0368 e. The highest BCUT2D eigenvalue weighted by molar-refractivity contribution is 5.50. The molecule has 1 unspecified atom stereocenters. The average Bonchev–Trinajstić information content (AvgIpc) is 2.77. The van der Waals surface area contributed by atoms with Gasteiger partial charge in [-0.2, -0.15) is 0 Å². The Bertz CT molecular complexity index is 347. The molecule has 1 aliphatic rings. The van der Waals surface area contributed by atoms with E-state index < -0.39 is 0 Å². The Kier molecular flexibility index (Phi) is 4.06. The highest BCUT2D eigenvalue weighted by atomic mass is 15.1. The molecule has 1 heterocycles. The summed E-state index contributed by atoms with van der Waals surface area (Å²) in [6.45, 7) is 7.92. The van der Waals surface area contributed by atoms with Gasteiger partial charge in [0.2, 0.25) is 0 Å². The molecule has 2 rings (SSSR count). The monoisotopic (exact) mass is 232 g/mol. The van der Waals surface area contributed by atoms with Gasteiger partial charge in [0.25, 0.3) is 0 Å². The van der Waals surface area contributed by atoms with E-state index in [1.807, 2.05) is 0 Å². The lowest BCUT2D eigenvalue weighted by Gasteiger charge is -2.22. The van der Waals surface area contributed by atoms with Gasteiger partial charge in [-0.25, -0.2) is 0 Å². The molecule has 1 aromatic rings.